The summed E-state index contributed by atoms with van der Waals surface area (Å²) in [5, 5.41) is 5.39. The Morgan fingerprint density at radius 1 is 1.26 bits per heavy atom. The van der Waals surface area contributed by atoms with Crippen LogP contribution in [0.2, 0.25) is 0 Å². The summed E-state index contributed by atoms with van der Waals surface area (Å²) in [6.07, 6.45) is 6.18. The monoisotopic (exact) mass is 302 g/mol. The first-order chi connectivity index (χ1) is 9.09. The van der Waals surface area contributed by atoms with Crippen molar-refractivity contribution in [3.8, 4) is 0 Å². The zero-order valence-corrected chi connectivity index (χ0v) is 14.0. The van der Waals surface area contributed by atoms with Crippen LogP contribution in [0.15, 0.2) is 29.0 Å². The van der Waals surface area contributed by atoms with Crippen LogP contribution in [0.5, 0.6) is 0 Å². The second kappa shape index (κ2) is 9.22. The summed E-state index contributed by atoms with van der Waals surface area (Å²) < 4.78 is 1.97. The van der Waals surface area contributed by atoms with Gasteiger partial charge in [0.1, 0.15) is 0 Å². The number of hydrogen-bond acceptors (Lipinski definition) is 1. The minimum absolute atomic E-state index is 0.456. The fourth-order valence-electron chi connectivity index (χ4n) is 1.55. The van der Waals surface area contributed by atoms with E-state index >= 15 is 0 Å². The van der Waals surface area contributed by atoms with Crippen LogP contribution in [-0.2, 0) is 0 Å². The molecule has 0 aliphatic heterocycles. The molecule has 0 N–H and O–H groups in total. The predicted octanol–water partition coefficient (Wildman–Crippen LogP) is 5.99. The van der Waals surface area contributed by atoms with Crippen LogP contribution in [-0.4, -0.2) is 9.78 Å². The van der Waals surface area contributed by atoms with Crippen molar-refractivity contribution in [2.24, 2.45) is 0 Å². The van der Waals surface area contributed by atoms with Gasteiger partial charge in [-0.05, 0) is 19.8 Å². The van der Waals surface area contributed by atoms with Gasteiger partial charge in [0.2, 0.25) is 0 Å². The summed E-state index contributed by atoms with van der Waals surface area (Å²) in [7, 11) is 0. The van der Waals surface area contributed by atoms with Gasteiger partial charge in [0.25, 0.3) is 0 Å². The van der Waals surface area contributed by atoms with Crippen molar-refractivity contribution in [1.82, 2.24) is 9.78 Å². The summed E-state index contributed by atoms with van der Waals surface area (Å²) in [6.45, 7) is 13.5. The molecule has 2 rings (SSSR count). The van der Waals surface area contributed by atoms with Crippen molar-refractivity contribution in [3.05, 3.63) is 34.6 Å². The third kappa shape index (κ3) is 5.42. The Morgan fingerprint density at radius 2 is 1.79 bits per heavy atom. The Hall–Kier alpha value is -0.730. The van der Waals surface area contributed by atoms with Gasteiger partial charge in [0.05, 0.1) is 12.2 Å². The highest BCUT2D eigenvalue weighted by molar-refractivity contribution is 6.41. The van der Waals surface area contributed by atoms with Crippen molar-refractivity contribution in [2.45, 2.75) is 53.5 Å². The van der Waals surface area contributed by atoms with Crippen molar-refractivity contribution in [2.75, 3.05) is 0 Å². The van der Waals surface area contributed by atoms with E-state index in [1.54, 1.807) is 13.1 Å². The fourth-order valence-corrected chi connectivity index (χ4v) is 2.07. The Kier molecular flexibility index (Phi) is 8.86. The predicted molar refractivity (Wildman–Crippen MR) is 86.6 cm³/mol. The lowest BCUT2D eigenvalue weighted by Crippen LogP contribution is -1.92. The van der Waals surface area contributed by atoms with Crippen LogP contribution >= 0.6 is 23.2 Å². The Labute approximate surface area is 127 Å². The quantitative estimate of drug-likeness (QED) is 0.627. The van der Waals surface area contributed by atoms with Crippen LogP contribution in [0.25, 0.3) is 5.57 Å². The molecular weight excluding hydrogens is 279 g/mol. The fraction of sp³-hybridized carbons (Fsp3) is 0.533. The number of hydrogen-bond donors (Lipinski definition) is 0. The summed E-state index contributed by atoms with van der Waals surface area (Å²) in [6, 6.07) is 0.569. The number of aromatic nitrogens is 2. The number of nitrogens with zero attached hydrogens (tertiary/aromatic N) is 2. The first-order valence-electron chi connectivity index (χ1n) is 6.85. The molecule has 0 unspecified atom stereocenters. The average molecular weight is 303 g/mol. The van der Waals surface area contributed by atoms with Crippen molar-refractivity contribution in [1.29, 1.82) is 0 Å². The van der Waals surface area contributed by atoms with Crippen LogP contribution in [0, 0.1) is 0 Å². The molecule has 0 radical (unpaired) electrons. The molecule has 1 heterocycles. The molecule has 108 valence electrons. The van der Waals surface area contributed by atoms with Gasteiger partial charge in [-0.25, -0.2) is 0 Å². The van der Waals surface area contributed by atoms with E-state index < -0.39 is 0 Å². The average Bonchev–Trinajstić information content (AvgIpc) is 3.14. The maximum absolute atomic E-state index is 5.98. The lowest BCUT2D eigenvalue weighted by atomic mass is 10.1. The van der Waals surface area contributed by atoms with E-state index in [-0.39, 0.29) is 0 Å². The van der Waals surface area contributed by atoms with Gasteiger partial charge in [0, 0.05) is 27.4 Å². The van der Waals surface area contributed by atoms with Crippen LogP contribution < -0.4 is 0 Å². The largest absolute Gasteiger partial charge is 0.269 e. The maximum Gasteiger partial charge on any atom is 0.0569 e. The Morgan fingerprint density at radius 3 is 2.16 bits per heavy atom. The van der Waals surface area contributed by atoms with Crippen molar-refractivity contribution >= 4 is 28.8 Å². The molecule has 1 aliphatic rings. The molecule has 0 bridgehead atoms. The Balaban J connectivity index is 0.000000741. The third-order valence-electron chi connectivity index (χ3n) is 2.43. The molecular formula is C15H24Cl2N2. The summed E-state index contributed by atoms with van der Waals surface area (Å²) in [5.74, 6) is 0. The van der Waals surface area contributed by atoms with E-state index in [0.29, 0.717) is 16.1 Å². The van der Waals surface area contributed by atoms with E-state index in [9.17, 15) is 0 Å². The van der Waals surface area contributed by atoms with Gasteiger partial charge in [-0.3, -0.25) is 4.68 Å². The van der Waals surface area contributed by atoms with Crippen LogP contribution in [0.3, 0.4) is 0 Å². The zero-order valence-electron chi connectivity index (χ0n) is 12.5. The molecule has 1 fully saturated rings. The second-order valence-electron chi connectivity index (χ2n) is 3.75. The van der Waals surface area contributed by atoms with Gasteiger partial charge in [-0.1, -0.05) is 57.5 Å². The van der Waals surface area contributed by atoms with Gasteiger partial charge in [-0.2, -0.15) is 5.10 Å². The maximum atomic E-state index is 5.98. The summed E-state index contributed by atoms with van der Waals surface area (Å²) >= 11 is 11.9. The molecule has 0 aromatic carbocycles. The van der Waals surface area contributed by atoms with E-state index in [0.717, 1.165) is 11.1 Å². The molecule has 0 spiro atoms. The number of allylic oxidation sites excluding steroid dienone is 3. The summed E-state index contributed by atoms with van der Waals surface area (Å²) in [4.78, 5) is 0. The molecule has 0 amide bonds. The molecule has 1 aromatic heterocycles. The van der Waals surface area contributed by atoms with Gasteiger partial charge >= 0.3 is 0 Å². The number of rotatable bonds is 3. The van der Waals surface area contributed by atoms with Crippen LogP contribution in [0.4, 0.5) is 0 Å². The minimum Gasteiger partial charge on any atom is -0.269 e. The standard InChI is InChI=1S/C11H12Cl2N2.2C2H6/c1-7(12)11(8(2)13)9-5-14-15(6-9)10-3-4-10;2*1-2/h5-6,10H,1,3-4H2,2H3;2*1-2H3/b11-8-;;. The topological polar surface area (TPSA) is 17.8 Å². The van der Waals surface area contributed by atoms with Crippen molar-refractivity contribution < 1.29 is 0 Å². The van der Waals surface area contributed by atoms with E-state index in [2.05, 4.69) is 11.7 Å². The first-order valence-corrected chi connectivity index (χ1v) is 7.61. The molecule has 4 heteroatoms. The Bertz CT molecular complexity index is 425. The zero-order chi connectivity index (χ0) is 15.0. The second-order valence-corrected chi connectivity index (χ2v) is 4.78. The number of halogens is 2. The van der Waals surface area contributed by atoms with Gasteiger partial charge in [-0.15, -0.1) is 0 Å². The van der Waals surface area contributed by atoms with E-state index in [1.807, 2.05) is 38.6 Å². The van der Waals surface area contributed by atoms with Gasteiger partial charge < -0.3 is 0 Å². The molecule has 1 saturated carbocycles. The van der Waals surface area contributed by atoms with Crippen molar-refractivity contribution in [3.63, 3.8) is 0 Å². The lowest BCUT2D eigenvalue weighted by molar-refractivity contribution is 0.641. The smallest absolute Gasteiger partial charge is 0.0569 e. The van der Waals surface area contributed by atoms with Gasteiger partial charge in [0.15, 0.2) is 0 Å². The molecule has 1 aliphatic carbocycles. The first kappa shape index (κ1) is 18.3. The highest BCUT2D eigenvalue weighted by atomic mass is 35.5. The van der Waals surface area contributed by atoms with E-state index in [1.165, 1.54) is 12.8 Å². The minimum atomic E-state index is 0.456. The summed E-state index contributed by atoms with van der Waals surface area (Å²) in [5.41, 5.74) is 1.72. The highest BCUT2D eigenvalue weighted by Gasteiger charge is 2.24. The molecule has 0 saturated heterocycles. The molecule has 2 nitrogen and oxygen atoms in total. The molecule has 1 aromatic rings. The highest BCUT2D eigenvalue weighted by Crippen LogP contribution is 2.36. The molecule has 19 heavy (non-hydrogen) atoms. The lowest BCUT2D eigenvalue weighted by Gasteiger charge is -2.03. The van der Waals surface area contributed by atoms with E-state index in [4.69, 9.17) is 23.2 Å². The van der Waals surface area contributed by atoms with Crippen LogP contribution in [0.1, 0.15) is 59.1 Å². The third-order valence-corrected chi connectivity index (χ3v) is 2.80. The SMILES string of the molecule is C=C(Cl)/C(=C(\C)Cl)c1cnn(C2CC2)c1.CC.CC. The molecule has 0 atom stereocenters. The normalized spacial score (nSPS) is 14.5.